The van der Waals surface area contributed by atoms with E-state index in [1.807, 2.05) is 6.07 Å². The monoisotopic (exact) mass is 231 g/mol. The smallest absolute Gasteiger partial charge is 0.106 e. The van der Waals surface area contributed by atoms with E-state index in [1.165, 1.54) is 5.52 Å². The van der Waals surface area contributed by atoms with Gasteiger partial charge in [-0.15, -0.1) is 0 Å². The fourth-order valence-corrected chi connectivity index (χ4v) is 2.02. The summed E-state index contributed by atoms with van der Waals surface area (Å²) in [6, 6.07) is 8.30. The lowest BCUT2D eigenvalue weighted by molar-refractivity contribution is 0.413. The quantitative estimate of drug-likeness (QED) is 0.880. The van der Waals surface area contributed by atoms with Crippen LogP contribution in [0.1, 0.15) is 26.6 Å². The Morgan fingerprint density at radius 2 is 1.94 bits per heavy atom. The van der Waals surface area contributed by atoms with Crippen LogP contribution >= 0.6 is 0 Å². The van der Waals surface area contributed by atoms with Crippen molar-refractivity contribution in [2.75, 3.05) is 6.54 Å². The third kappa shape index (κ3) is 2.86. The maximum absolute atomic E-state index is 4.56. The van der Waals surface area contributed by atoms with Crippen molar-refractivity contribution in [3.8, 4) is 0 Å². The van der Waals surface area contributed by atoms with E-state index in [9.17, 15) is 0 Å². The average molecular weight is 231 g/mol. The first kappa shape index (κ1) is 12.1. The lowest BCUT2D eigenvalue weighted by atomic mass is 10.1. The number of hydrogen-bond donors (Lipinski definition) is 1. The van der Waals surface area contributed by atoms with Gasteiger partial charge in [0.05, 0.1) is 11.0 Å². The van der Waals surface area contributed by atoms with Crippen LogP contribution in [0.2, 0.25) is 0 Å². The number of imidazole rings is 1. The molecule has 0 unspecified atom stereocenters. The Kier molecular flexibility index (Phi) is 3.20. The van der Waals surface area contributed by atoms with E-state index >= 15 is 0 Å². The first-order valence-corrected chi connectivity index (χ1v) is 6.14. The van der Waals surface area contributed by atoms with Crippen molar-refractivity contribution in [3.05, 3.63) is 30.1 Å². The van der Waals surface area contributed by atoms with Crippen molar-refractivity contribution in [2.24, 2.45) is 0 Å². The Labute approximate surface area is 103 Å². The number of hydrogen-bond acceptors (Lipinski definition) is 2. The molecular weight excluding hydrogens is 210 g/mol. The van der Waals surface area contributed by atoms with Gasteiger partial charge in [-0.1, -0.05) is 12.1 Å². The molecule has 0 amide bonds. The molecule has 1 aromatic heterocycles. The summed E-state index contributed by atoms with van der Waals surface area (Å²) in [4.78, 5) is 4.56. The fourth-order valence-electron chi connectivity index (χ4n) is 2.02. The molecular formula is C14H21N3. The number of para-hydroxylation sites is 2. The maximum Gasteiger partial charge on any atom is 0.106 e. The highest BCUT2D eigenvalue weighted by Gasteiger charge is 2.10. The summed E-state index contributed by atoms with van der Waals surface area (Å²) >= 11 is 0. The van der Waals surface area contributed by atoms with Crippen LogP contribution in [0, 0.1) is 6.92 Å². The number of aryl methyl sites for hydroxylation is 1. The van der Waals surface area contributed by atoms with Crippen LogP contribution < -0.4 is 5.32 Å². The summed E-state index contributed by atoms with van der Waals surface area (Å²) in [7, 11) is 0. The van der Waals surface area contributed by atoms with Gasteiger partial charge in [0.25, 0.3) is 0 Å². The Balaban J connectivity index is 2.15. The second kappa shape index (κ2) is 4.49. The van der Waals surface area contributed by atoms with Crippen LogP contribution in [0.25, 0.3) is 11.0 Å². The molecule has 2 aromatic rings. The lowest BCUT2D eigenvalue weighted by Gasteiger charge is -2.21. The van der Waals surface area contributed by atoms with E-state index in [-0.39, 0.29) is 5.54 Å². The predicted molar refractivity (Wildman–Crippen MR) is 72.2 cm³/mol. The highest BCUT2D eigenvalue weighted by atomic mass is 15.1. The van der Waals surface area contributed by atoms with E-state index in [0.717, 1.165) is 24.4 Å². The van der Waals surface area contributed by atoms with Crippen molar-refractivity contribution in [1.29, 1.82) is 0 Å². The molecule has 0 atom stereocenters. The molecule has 1 aromatic carbocycles. The van der Waals surface area contributed by atoms with Crippen molar-refractivity contribution >= 4 is 11.0 Å². The molecule has 2 rings (SSSR count). The van der Waals surface area contributed by atoms with E-state index in [4.69, 9.17) is 0 Å². The zero-order valence-electron chi connectivity index (χ0n) is 11.1. The van der Waals surface area contributed by atoms with Gasteiger partial charge in [0.1, 0.15) is 5.82 Å². The molecule has 17 heavy (non-hydrogen) atoms. The number of benzene rings is 1. The number of rotatable bonds is 3. The second-order valence-electron chi connectivity index (χ2n) is 5.48. The van der Waals surface area contributed by atoms with E-state index in [2.05, 4.69) is 60.8 Å². The normalized spacial score (nSPS) is 12.2. The summed E-state index contributed by atoms with van der Waals surface area (Å²) in [6.45, 7) is 10.6. The number of aromatic nitrogens is 2. The predicted octanol–water partition coefficient (Wildman–Crippen LogP) is 2.73. The Bertz CT molecular complexity index is 506. The maximum atomic E-state index is 4.56. The molecule has 0 radical (unpaired) electrons. The van der Waals surface area contributed by atoms with E-state index in [1.54, 1.807) is 0 Å². The molecule has 92 valence electrons. The highest BCUT2D eigenvalue weighted by Crippen LogP contribution is 2.14. The van der Waals surface area contributed by atoms with Gasteiger partial charge in [-0.2, -0.15) is 0 Å². The molecule has 1 N–H and O–H groups in total. The van der Waals surface area contributed by atoms with Gasteiger partial charge in [0.15, 0.2) is 0 Å². The Hall–Kier alpha value is -1.35. The second-order valence-corrected chi connectivity index (χ2v) is 5.48. The zero-order chi connectivity index (χ0) is 12.5. The molecule has 0 aliphatic rings. The molecule has 0 fully saturated rings. The van der Waals surface area contributed by atoms with Crippen LogP contribution in [0.5, 0.6) is 0 Å². The van der Waals surface area contributed by atoms with Crippen LogP contribution in [0.3, 0.4) is 0 Å². The molecule has 0 spiro atoms. The van der Waals surface area contributed by atoms with Crippen LogP contribution in [0.15, 0.2) is 24.3 Å². The van der Waals surface area contributed by atoms with Gasteiger partial charge in [-0.25, -0.2) is 4.98 Å². The molecule has 0 aliphatic carbocycles. The van der Waals surface area contributed by atoms with Gasteiger partial charge in [-0.3, -0.25) is 0 Å². The van der Waals surface area contributed by atoms with Crippen LogP contribution in [-0.2, 0) is 6.54 Å². The van der Waals surface area contributed by atoms with Crippen LogP contribution in [-0.4, -0.2) is 21.6 Å². The van der Waals surface area contributed by atoms with Crippen molar-refractivity contribution < 1.29 is 0 Å². The van der Waals surface area contributed by atoms with Crippen molar-refractivity contribution in [2.45, 2.75) is 39.8 Å². The van der Waals surface area contributed by atoms with Crippen LogP contribution in [0.4, 0.5) is 0 Å². The number of fused-ring (bicyclic) bond motifs is 1. The number of nitrogens with zero attached hydrogens (tertiary/aromatic N) is 2. The third-order valence-corrected chi connectivity index (χ3v) is 2.84. The summed E-state index contributed by atoms with van der Waals surface area (Å²) in [5, 5.41) is 3.50. The van der Waals surface area contributed by atoms with E-state index < -0.39 is 0 Å². The van der Waals surface area contributed by atoms with Gasteiger partial charge in [0, 0.05) is 18.6 Å². The SMILES string of the molecule is Cc1nc2ccccc2n1CCNC(C)(C)C. The standard InChI is InChI=1S/C14H21N3/c1-11-16-12-7-5-6-8-13(12)17(11)10-9-15-14(2,3)4/h5-8,15H,9-10H2,1-4H3. The van der Waals surface area contributed by atoms with Gasteiger partial charge in [0.2, 0.25) is 0 Å². The summed E-state index contributed by atoms with van der Waals surface area (Å²) in [6.07, 6.45) is 0. The summed E-state index contributed by atoms with van der Waals surface area (Å²) < 4.78 is 2.27. The molecule has 3 heteroatoms. The van der Waals surface area contributed by atoms with Crippen molar-refractivity contribution in [1.82, 2.24) is 14.9 Å². The minimum atomic E-state index is 0.171. The Morgan fingerprint density at radius 1 is 1.24 bits per heavy atom. The molecule has 0 saturated heterocycles. The van der Waals surface area contributed by atoms with Gasteiger partial charge < -0.3 is 9.88 Å². The highest BCUT2D eigenvalue weighted by molar-refractivity contribution is 5.75. The number of nitrogens with one attached hydrogen (secondary N) is 1. The lowest BCUT2D eigenvalue weighted by Crippen LogP contribution is -2.37. The van der Waals surface area contributed by atoms with Gasteiger partial charge >= 0.3 is 0 Å². The molecule has 1 heterocycles. The molecule has 3 nitrogen and oxygen atoms in total. The fraction of sp³-hybridized carbons (Fsp3) is 0.500. The topological polar surface area (TPSA) is 29.9 Å². The minimum Gasteiger partial charge on any atom is -0.327 e. The van der Waals surface area contributed by atoms with E-state index in [0.29, 0.717) is 0 Å². The first-order valence-electron chi connectivity index (χ1n) is 6.14. The summed E-state index contributed by atoms with van der Waals surface area (Å²) in [5.41, 5.74) is 2.48. The molecule has 0 bridgehead atoms. The van der Waals surface area contributed by atoms with Crippen molar-refractivity contribution in [3.63, 3.8) is 0 Å². The summed E-state index contributed by atoms with van der Waals surface area (Å²) in [5.74, 6) is 1.09. The average Bonchev–Trinajstić information content (AvgIpc) is 2.54. The zero-order valence-corrected chi connectivity index (χ0v) is 11.1. The molecule has 0 saturated carbocycles. The minimum absolute atomic E-state index is 0.171. The third-order valence-electron chi connectivity index (χ3n) is 2.84. The largest absolute Gasteiger partial charge is 0.327 e. The molecule has 0 aliphatic heterocycles. The first-order chi connectivity index (χ1) is 7.97. The van der Waals surface area contributed by atoms with Gasteiger partial charge in [-0.05, 0) is 39.8 Å². The Morgan fingerprint density at radius 3 is 2.65 bits per heavy atom.